The highest BCUT2D eigenvalue weighted by atomic mass is 32.2. The molecule has 0 spiro atoms. The number of nitrogens with one attached hydrogen (secondary N) is 1. The zero-order chi connectivity index (χ0) is 15.7. The number of rotatable bonds is 4. The van der Waals surface area contributed by atoms with Crippen molar-refractivity contribution in [3.05, 3.63) is 41.4 Å². The number of sulfonamides is 1. The molecule has 0 aliphatic rings. The van der Waals surface area contributed by atoms with Gasteiger partial charge in [-0.3, -0.25) is 9.71 Å². The third-order valence-corrected chi connectivity index (χ3v) is 5.51. The first-order valence-corrected chi connectivity index (χ1v) is 8.59. The van der Waals surface area contributed by atoms with Gasteiger partial charge in [0.2, 0.25) is 11.7 Å². The Bertz CT molecular complexity index is 901. The van der Waals surface area contributed by atoms with E-state index in [2.05, 4.69) is 19.8 Å². The average Bonchev–Trinajstić information content (AvgIpc) is 3.06. The number of nitrogens with zero attached hydrogens (tertiary/aromatic N) is 3. The van der Waals surface area contributed by atoms with Gasteiger partial charge in [0.15, 0.2) is 0 Å². The number of aryl methyl sites for hydroxylation is 2. The van der Waals surface area contributed by atoms with Gasteiger partial charge in [0.1, 0.15) is 4.90 Å². The summed E-state index contributed by atoms with van der Waals surface area (Å²) in [5.74, 6) is 0.812. The molecular formula is C13H12N4O3S2. The van der Waals surface area contributed by atoms with Crippen molar-refractivity contribution in [1.29, 1.82) is 0 Å². The van der Waals surface area contributed by atoms with Crippen LogP contribution in [-0.2, 0) is 10.0 Å². The second kappa shape index (κ2) is 5.50. The van der Waals surface area contributed by atoms with Gasteiger partial charge in [-0.05, 0) is 25.1 Å². The maximum Gasteiger partial charge on any atom is 0.263 e. The lowest BCUT2D eigenvalue weighted by atomic mass is 10.4. The van der Waals surface area contributed by atoms with E-state index in [1.54, 1.807) is 38.2 Å². The van der Waals surface area contributed by atoms with Gasteiger partial charge >= 0.3 is 0 Å². The van der Waals surface area contributed by atoms with Gasteiger partial charge in [-0.1, -0.05) is 5.16 Å². The van der Waals surface area contributed by atoms with Crippen LogP contribution in [0.5, 0.6) is 0 Å². The van der Waals surface area contributed by atoms with Crippen LogP contribution in [0.1, 0.15) is 10.8 Å². The summed E-state index contributed by atoms with van der Waals surface area (Å²) < 4.78 is 32.4. The molecule has 0 aromatic carbocycles. The Balaban J connectivity index is 1.96. The Morgan fingerprint density at radius 2 is 2.14 bits per heavy atom. The molecule has 0 fully saturated rings. The second-order valence-electron chi connectivity index (χ2n) is 4.52. The van der Waals surface area contributed by atoms with E-state index in [0.29, 0.717) is 27.2 Å². The van der Waals surface area contributed by atoms with Crippen LogP contribution in [0.15, 0.2) is 40.0 Å². The van der Waals surface area contributed by atoms with Crippen molar-refractivity contribution in [1.82, 2.24) is 15.1 Å². The maximum atomic E-state index is 12.5. The molecule has 3 heterocycles. The molecule has 0 radical (unpaired) electrons. The van der Waals surface area contributed by atoms with E-state index < -0.39 is 10.0 Å². The summed E-state index contributed by atoms with van der Waals surface area (Å²) in [6.07, 6.45) is 3.02. The highest BCUT2D eigenvalue weighted by Gasteiger charge is 2.22. The molecule has 0 unspecified atom stereocenters. The summed E-state index contributed by atoms with van der Waals surface area (Å²) in [5, 5.41) is 3.81. The molecule has 0 aliphatic carbocycles. The monoisotopic (exact) mass is 336 g/mol. The number of thiophene rings is 1. The van der Waals surface area contributed by atoms with Gasteiger partial charge in [0.25, 0.3) is 10.0 Å². The van der Waals surface area contributed by atoms with E-state index in [1.165, 1.54) is 17.5 Å². The quantitative estimate of drug-likeness (QED) is 0.786. The predicted molar refractivity (Wildman–Crippen MR) is 82.1 cm³/mol. The molecule has 22 heavy (non-hydrogen) atoms. The van der Waals surface area contributed by atoms with Crippen molar-refractivity contribution in [2.45, 2.75) is 18.7 Å². The molecular weight excluding hydrogens is 324 g/mol. The zero-order valence-corrected chi connectivity index (χ0v) is 13.4. The lowest BCUT2D eigenvalue weighted by molar-refractivity contribution is 0.394. The Morgan fingerprint density at radius 3 is 2.77 bits per heavy atom. The Hall–Kier alpha value is -2.26. The van der Waals surface area contributed by atoms with Crippen molar-refractivity contribution in [2.75, 3.05) is 4.72 Å². The van der Waals surface area contributed by atoms with Crippen LogP contribution >= 0.6 is 11.3 Å². The maximum absolute atomic E-state index is 12.5. The van der Waals surface area contributed by atoms with Crippen molar-refractivity contribution < 1.29 is 12.9 Å². The molecule has 9 heteroatoms. The van der Waals surface area contributed by atoms with Gasteiger partial charge in [0.05, 0.1) is 16.8 Å². The minimum atomic E-state index is -3.69. The molecule has 0 atom stereocenters. The average molecular weight is 336 g/mol. The van der Waals surface area contributed by atoms with Crippen LogP contribution in [0.25, 0.3) is 10.7 Å². The number of hydrogen-bond acceptors (Lipinski definition) is 7. The molecule has 7 nitrogen and oxygen atoms in total. The minimum Gasteiger partial charge on any atom is -0.339 e. The molecule has 0 aliphatic heterocycles. The lowest BCUT2D eigenvalue weighted by Gasteiger charge is -2.06. The van der Waals surface area contributed by atoms with Crippen LogP contribution < -0.4 is 4.72 Å². The van der Waals surface area contributed by atoms with E-state index in [1.807, 2.05) is 0 Å². The number of pyridine rings is 1. The molecule has 0 bridgehead atoms. The lowest BCUT2D eigenvalue weighted by Crippen LogP contribution is -2.13. The molecule has 3 aromatic heterocycles. The Morgan fingerprint density at radius 1 is 1.32 bits per heavy atom. The van der Waals surface area contributed by atoms with Gasteiger partial charge < -0.3 is 4.52 Å². The van der Waals surface area contributed by atoms with Gasteiger partial charge in [-0.15, -0.1) is 11.3 Å². The van der Waals surface area contributed by atoms with Crippen LogP contribution in [0.4, 0.5) is 5.69 Å². The van der Waals surface area contributed by atoms with Crippen molar-refractivity contribution in [2.24, 2.45) is 0 Å². The fourth-order valence-electron chi connectivity index (χ4n) is 1.87. The van der Waals surface area contributed by atoms with Crippen molar-refractivity contribution >= 4 is 27.0 Å². The van der Waals surface area contributed by atoms with E-state index in [-0.39, 0.29) is 4.90 Å². The normalized spacial score (nSPS) is 11.5. The third-order valence-electron chi connectivity index (χ3n) is 2.82. The van der Waals surface area contributed by atoms with Crippen LogP contribution in [0.3, 0.4) is 0 Å². The van der Waals surface area contributed by atoms with E-state index in [4.69, 9.17) is 4.52 Å². The Labute approximate surface area is 131 Å². The molecule has 0 saturated heterocycles. The van der Waals surface area contributed by atoms with E-state index in [0.717, 1.165) is 0 Å². The summed E-state index contributed by atoms with van der Waals surface area (Å²) in [7, 11) is -3.69. The first-order valence-electron chi connectivity index (χ1n) is 6.30. The highest BCUT2D eigenvalue weighted by Crippen LogP contribution is 2.32. The second-order valence-corrected chi connectivity index (χ2v) is 7.42. The van der Waals surface area contributed by atoms with Gasteiger partial charge in [0, 0.05) is 18.0 Å². The molecule has 114 valence electrons. The number of hydrogen-bond donors (Lipinski definition) is 1. The van der Waals surface area contributed by atoms with Gasteiger partial charge in [-0.25, -0.2) is 8.42 Å². The molecule has 3 rings (SSSR count). The summed E-state index contributed by atoms with van der Waals surface area (Å²) in [6, 6.07) is 4.84. The topological polar surface area (TPSA) is 98.0 Å². The number of aromatic nitrogens is 3. The summed E-state index contributed by atoms with van der Waals surface area (Å²) >= 11 is 1.30. The summed E-state index contributed by atoms with van der Waals surface area (Å²) in [4.78, 5) is 9.47. The minimum absolute atomic E-state index is 0.193. The van der Waals surface area contributed by atoms with Crippen molar-refractivity contribution in [3.63, 3.8) is 0 Å². The van der Waals surface area contributed by atoms with Crippen molar-refractivity contribution in [3.8, 4) is 10.7 Å². The first kappa shape index (κ1) is 14.7. The Kier molecular flexibility index (Phi) is 3.67. The third kappa shape index (κ3) is 2.85. The summed E-state index contributed by atoms with van der Waals surface area (Å²) in [5.41, 5.74) is 0.407. The first-order chi connectivity index (χ1) is 10.5. The standard InChI is InChI=1S/C13H12N4O3S2/c1-8-12(6-11(21-8)13-15-9(2)20-16-13)22(18,19)17-10-4-3-5-14-7-10/h3-7,17H,1-2H3. The van der Waals surface area contributed by atoms with Crippen LogP contribution in [-0.4, -0.2) is 23.5 Å². The van der Waals surface area contributed by atoms with E-state index >= 15 is 0 Å². The highest BCUT2D eigenvalue weighted by molar-refractivity contribution is 7.93. The van der Waals surface area contributed by atoms with Crippen LogP contribution in [0, 0.1) is 13.8 Å². The molecule has 3 aromatic rings. The van der Waals surface area contributed by atoms with Gasteiger partial charge in [-0.2, -0.15) is 4.98 Å². The fourth-order valence-corrected chi connectivity index (χ4v) is 4.44. The zero-order valence-electron chi connectivity index (χ0n) is 11.8. The molecule has 0 amide bonds. The largest absolute Gasteiger partial charge is 0.339 e. The predicted octanol–water partition coefficient (Wildman–Crippen LogP) is 2.61. The van der Waals surface area contributed by atoms with E-state index in [9.17, 15) is 8.42 Å². The fraction of sp³-hybridized carbons (Fsp3) is 0.154. The van der Waals surface area contributed by atoms with Crippen LogP contribution in [0.2, 0.25) is 0 Å². The molecule has 0 saturated carbocycles. The molecule has 1 N–H and O–H groups in total. The number of anilines is 1. The SMILES string of the molecule is Cc1nc(-c2cc(S(=O)(=O)Nc3cccnc3)c(C)s2)no1. The smallest absolute Gasteiger partial charge is 0.263 e. The summed E-state index contributed by atoms with van der Waals surface area (Å²) in [6.45, 7) is 3.41.